The lowest BCUT2D eigenvalue weighted by molar-refractivity contribution is -0.134. The largest absolute Gasteiger partial charge is 0.383 e. The first-order valence-electron chi connectivity index (χ1n) is 9.54. The van der Waals surface area contributed by atoms with Crippen LogP contribution in [-0.4, -0.2) is 65.9 Å². The summed E-state index contributed by atoms with van der Waals surface area (Å²) in [4.78, 5) is 18.0. The average Bonchev–Trinajstić information content (AvgIpc) is 3.51. The summed E-state index contributed by atoms with van der Waals surface area (Å²) in [5.74, 6) is 2.34. The zero-order valence-electron chi connectivity index (χ0n) is 16.0. The van der Waals surface area contributed by atoms with Crippen LogP contribution in [0.2, 0.25) is 0 Å². The Kier molecular flexibility index (Phi) is 6.85. The number of hydrogen-bond acceptors (Lipinski definition) is 7. The summed E-state index contributed by atoms with van der Waals surface area (Å²) in [6.45, 7) is 1.83. The SMILES string of the molecule is COCCN(CC(=O)N1N=C(c2cccs2)C[C@@H]1c1cccs1)[C@@H]1CCSC1. The second-order valence-electron chi connectivity index (χ2n) is 6.98. The molecule has 0 aromatic carbocycles. The fourth-order valence-electron chi connectivity index (χ4n) is 3.69. The minimum Gasteiger partial charge on any atom is -0.383 e. The number of thiophene rings is 2. The third-order valence-corrected chi connectivity index (χ3v) is 8.22. The molecule has 0 bridgehead atoms. The molecule has 2 atom stereocenters. The van der Waals surface area contributed by atoms with E-state index in [9.17, 15) is 4.79 Å². The first-order chi connectivity index (χ1) is 13.8. The molecule has 2 aromatic rings. The van der Waals surface area contributed by atoms with E-state index in [-0.39, 0.29) is 11.9 Å². The number of amides is 1. The highest BCUT2D eigenvalue weighted by molar-refractivity contribution is 7.99. The summed E-state index contributed by atoms with van der Waals surface area (Å²) >= 11 is 5.35. The van der Waals surface area contributed by atoms with E-state index in [2.05, 4.69) is 27.8 Å². The number of methoxy groups -OCH3 is 1. The zero-order valence-corrected chi connectivity index (χ0v) is 18.4. The number of thioether (sulfide) groups is 1. The van der Waals surface area contributed by atoms with Gasteiger partial charge in [-0.1, -0.05) is 12.1 Å². The van der Waals surface area contributed by atoms with Crippen molar-refractivity contribution >= 4 is 46.1 Å². The summed E-state index contributed by atoms with van der Waals surface area (Å²) < 4.78 is 5.29. The molecule has 0 spiro atoms. The Hall–Kier alpha value is -1.19. The van der Waals surface area contributed by atoms with Gasteiger partial charge in [-0.15, -0.1) is 22.7 Å². The van der Waals surface area contributed by atoms with Gasteiger partial charge in [-0.3, -0.25) is 9.69 Å². The molecule has 1 fully saturated rings. The van der Waals surface area contributed by atoms with Crippen molar-refractivity contribution in [3.05, 3.63) is 44.8 Å². The van der Waals surface area contributed by atoms with Crippen LogP contribution in [0.4, 0.5) is 0 Å². The molecule has 0 aliphatic carbocycles. The average molecular weight is 436 g/mol. The maximum absolute atomic E-state index is 13.3. The number of carbonyl (C=O) groups excluding carboxylic acids is 1. The summed E-state index contributed by atoms with van der Waals surface area (Å²) in [7, 11) is 1.72. The molecule has 28 heavy (non-hydrogen) atoms. The standard InChI is InChI=1S/C20H25N3O2S3/c1-25-8-7-22(15-6-11-26-14-15)13-20(24)23-17(19-5-3-10-28-19)12-16(21-23)18-4-2-9-27-18/h2-5,9-10,15,17H,6-8,11-14H2,1H3/t15-,17-/m1/s1. The zero-order chi connectivity index (χ0) is 19.3. The first-order valence-corrected chi connectivity index (χ1v) is 12.4. The monoisotopic (exact) mass is 435 g/mol. The number of nitrogens with zero attached hydrogens (tertiary/aromatic N) is 3. The summed E-state index contributed by atoms with van der Waals surface area (Å²) in [6, 6.07) is 8.74. The predicted molar refractivity (Wildman–Crippen MR) is 119 cm³/mol. The highest BCUT2D eigenvalue weighted by atomic mass is 32.2. The smallest absolute Gasteiger partial charge is 0.257 e. The van der Waals surface area contributed by atoms with Crippen LogP contribution in [0.25, 0.3) is 0 Å². The van der Waals surface area contributed by atoms with Gasteiger partial charge in [0.05, 0.1) is 29.8 Å². The fraction of sp³-hybridized carbons (Fsp3) is 0.500. The van der Waals surface area contributed by atoms with Crippen LogP contribution in [0.1, 0.15) is 28.6 Å². The van der Waals surface area contributed by atoms with Gasteiger partial charge in [0.2, 0.25) is 0 Å². The van der Waals surface area contributed by atoms with Crippen molar-refractivity contribution in [3.63, 3.8) is 0 Å². The maximum atomic E-state index is 13.3. The molecular weight excluding hydrogens is 410 g/mol. The van der Waals surface area contributed by atoms with Crippen LogP contribution in [0.15, 0.2) is 40.1 Å². The number of hydrogen-bond donors (Lipinski definition) is 0. The topological polar surface area (TPSA) is 45.1 Å². The van der Waals surface area contributed by atoms with E-state index < -0.39 is 0 Å². The third kappa shape index (κ3) is 4.52. The van der Waals surface area contributed by atoms with Gasteiger partial charge in [0.25, 0.3) is 5.91 Å². The molecular formula is C20H25N3O2S3. The minimum atomic E-state index is 0.00632. The van der Waals surface area contributed by atoms with Crippen molar-refractivity contribution in [3.8, 4) is 0 Å². The van der Waals surface area contributed by atoms with E-state index in [1.54, 1.807) is 34.8 Å². The van der Waals surface area contributed by atoms with Crippen molar-refractivity contribution in [1.29, 1.82) is 0 Å². The molecule has 2 aliphatic heterocycles. The van der Waals surface area contributed by atoms with Crippen LogP contribution in [0.3, 0.4) is 0 Å². The van der Waals surface area contributed by atoms with E-state index in [1.165, 1.54) is 10.6 Å². The number of rotatable bonds is 8. The van der Waals surface area contributed by atoms with E-state index in [0.717, 1.165) is 35.7 Å². The Morgan fingerprint density at radius 2 is 2.18 bits per heavy atom. The molecule has 0 unspecified atom stereocenters. The fourth-order valence-corrected chi connectivity index (χ4v) is 6.48. The van der Waals surface area contributed by atoms with Crippen molar-refractivity contribution < 1.29 is 9.53 Å². The molecule has 5 nitrogen and oxygen atoms in total. The molecule has 1 amide bonds. The van der Waals surface area contributed by atoms with Crippen LogP contribution in [-0.2, 0) is 9.53 Å². The molecule has 8 heteroatoms. The van der Waals surface area contributed by atoms with Crippen LogP contribution in [0.5, 0.6) is 0 Å². The second kappa shape index (κ2) is 9.54. The third-order valence-electron chi connectivity index (χ3n) is 5.19. The van der Waals surface area contributed by atoms with E-state index >= 15 is 0 Å². The Bertz CT molecular complexity index is 786. The van der Waals surface area contributed by atoms with Gasteiger partial charge < -0.3 is 4.74 Å². The normalized spacial score (nSPS) is 22.2. The Morgan fingerprint density at radius 3 is 2.86 bits per heavy atom. The van der Waals surface area contributed by atoms with Gasteiger partial charge in [-0.2, -0.15) is 16.9 Å². The Labute approximate surface area is 178 Å². The van der Waals surface area contributed by atoms with Gasteiger partial charge in [-0.05, 0) is 35.1 Å². The molecule has 4 heterocycles. The summed E-state index contributed by atoms with van der Waals surface area (Å²) in [5, 5.41) is 10.7. The van der Waals surface area contributed by atoms with Crippen molar-refractivity contribution in [2.24, 2.45) is 5.10 Å². The summed E-state index contributed by atoms with van der Waals surface area (Å²) in [5.41, 5.74) is 1.02. The van der Waals surface area contributed by atoms with Gasteiger partial charge in [0, 0.05) is 36.7 Å². The van der Waals surface area contributed by atoms with Crippen molar-refractivity contribution in [2.75, 3.05) is 38.3 Å². The predicted octanol–water partition coefficient (Wildman–Crippen LogP) is 3.94. The van der Waals surface area contributed by atoms with Gasteiger partial charge in [-0.25, -0.2) is 5.01 Å². The van der Waals surface area contributed by atoms with Gasteiger partial charge >= 0.3 is 0 Å². The second-order valence-corrected chi connectivity index (χ2v) is 10.1. The van der Waals surface area contributed by atoms with Crippen LogP contribution >= 0.6 is 34.4 Å². The number of carbonyl (C=O) groups is 1. The van der Waals surface area contributed by atoms with E-state index in [0.29, 0.717) is 19.2 Å². The number of ether oxygens (including phenoxy) is 1. The maximum Gasteiger partial charge on any atom is 0.257 e. The molecule has 2 aromatic heterocycles. The first kappa shape index (κ1) is 20.1. The minimum absolute atomic E-state index is 0.00632. The molecule has 150 valence electrons. The number of hydrazone groups is 1. The van der Waals surface area contributed by atoms with Crippen molar-refractivity contribution in [1.82, 2.24) is 9.91 Å². The quantitative estimate of drug-likeness (QED) is 0.630. The Morgan fingerprint density at radius 1 is 1.32 bits per heavy atom. The Balaban J connectivity index is 1.53. The van der Waals surface area contributed by atoms with Gasteiger partial charge in [0.15, 0.2) is 0 Å². The molecule has 1 saturated heterocycles. The van der Waals surface area contributed by atoms with Gasteiger partial charge in [0.1, 0.15) is 0 Å². The van der Waals surface area contributed by atoms with Crippen LogP contribution in [0, 0.1) is 0 Å². The summed E-state index contributed by atoms with van der Waals surface area (Å²) in [6.07, 6.45) is 1.92. The highest BCUT2D eigenvalue weighted by Crippen LogP contribution is 2.36. The van der Waals surface area contributed by atoms with Crippen molar-refractivity contribution in [2.45, 2.75) is 24.9 Å². The van der Waals surface area contributed by atoms with E-state index in [4.69, 9.17) is 9.84 Å². The molecule has 2 aliphatic rings. The molecule has 0 N–H and O–H groups in total. The lowest BCUT2D eigenvalue weighted by Gasteiger charge is -2.30. The molecule has 0 saturated carbocycles. The molecule has 0 radical (unpaired) electrons. The highest BCUT2D eigenvalue weighted by Gasteiger charge is 2.35. The lowest BCUT2D eigenvalue weighted by Crippen LogP contribution is -2.44. The molecule has 4 rings (SSSR count). The van der Waals surface area contributed by atoms with E-state index in [1.807, 2.05) is 23.9 Å². The lowest BCUT2D eigenvalue weighted by atomic mass is 10.1. The van der Waals surface area contributed by atoms with Crippen LogP contribution < -0.4 is 0 Å².